The van der Waals surface area contributed by atoms with Gasteiger partial charge in [0.15, 0.2) is 0 Å². The summed E-state index contributed by atoms with van der Waals surface area (Å²) < 4.78 is 0. The molecule has 0 nitrogen and oxygen atoms in total. The van der Waals surface area contributed by atoms with Gasteiger partial charge in [-0.05, 0) is 25.7 Å². The van der Waals surface area contributed by atoms with Crippen LogP contribution in [0.15, 0.2) is 48.6 Å². The van der Waals surface area contributed by atoms with Crippen molar-refractivity contribution in [3.8, 4) is 0 Å². The first-order chi connectivity index (χ1) is 11.5. The van der Waals surface area contributed by atoms with Gasteiger partial charge in [0.1, 0.15) is 0 Å². The molecule has 0 fully saturated rings. The van der Waals surface area contributed by atoms with E-state index >= 15 is 0 Å². The minimum absolute atomic E-state index is 1.23. The van der Waals surface area contributed by atoms with E-state index in [0.717, 1.165) is 0 Å². The van der Waals surface area contributed by atoms with Crippen molar-refractivity contribution in [1.29, 1.82) is 0 Å². The normalized spacial score (nSPS) is 21.2. The van der Waals surface area contributed by atoms with Gasteiger partial charge in [-0.1, -0.05) is 119 Å². The highest BCUT2D eigenvalue weighted by atomic mass is 14.0. The average molecular weight is 315 g/mol. The molecule has 0 unspecified atom stereocenters. The Kier molecular flexibility index (Phi) is 15.1. The van der Waals surface area contributed by atoms with Crippen LogP contribution in [0.1, 0.15) is 96.3 Å². The van der Waals surface area contributed by atoms with Gasteiger partial charge in [-0.15, -0.1) is 0 Å². The molecule has 0 spiro atoms. The first-order valence-electron chi connectivity index (χ1n) is 10.1. The highest BCUT2D eigenvalue weighted by Crippen LogP contribution is 2.13. The summed E-state index contributed by atoms with van der Waals surface area (Å²) in [6, 6.07) is 0. The second-order valence-electron chi connectivity index (χ2n) is 6.80. The summed E-state index contributed by atoms with van der Waals surface area (Å²) in [5.41, 5.74) is 0. The van der Waals surface area contributed by atoms with E-state index in [1.165, 1.54) is 96.3 Å². The SMILES string of the molecule is C1=CC=CCCCCCCCCCCCCCCCC=CC=C1. The predicted molar refractivity (Wildman–Crippen MR) is 106 cm³/mol. The molecule has 0 aliphatic heterocycles. The molecule has 0 amide bonds. The lowest BCUT2D eigenvalue weighted by atomic mass is 10.0. The van der Waals surface area contributed by atoms with Crippen molar-refractivity contribution in [2.45, 2.75) is 96.3 Å². The first kappa shape index (κ1) is 20.0. The zero-order chi connectivity index (χ0) is 16.3. The minimum atomic E-state index is 1.23. The Balaban J connectivity index is 2.21. The molecule has 0 saturated carbocycles. The fourth-order valence-electron chi connectivity index (χ4n) is 3.08. The highest BCUT2D eigenvalue weighted by Gasteiger charge is 1.93. The van der Waals surface area contributed by atoms with Crippen LogP contribution in [0.5, 0.6) is 0 Å². The van der Waals surface area contributed by atoms with Crippen LogP contribution in [0.25, 0.3) is 0 Å². The lowest BCUT2D eigenvalue weighted by Crippen LogP contribution is -1.83. The summed E-state index contributed by atoms with van der Waals surface area (Å²) >= 11 is 0. The average Bonchev–Trinajstić information content (AvgIpc) is 2.56. The molecular formula is C23H38. The summed E-state index contributed by atoms with van der Waals surface area (Å²) in [6.45, 7) is 0. The van der Waals surface area contributed by atoms with Gasteiger partial charge < -0.3 is 0 Å². The molecule has 1 aliphatic rings. The van der Waals surface area contributed by atoms with Crippen molar-refractivity contribution < 1.29 is 0 Å². The van der Waals surface area contributed by atoms with Gasteiger partial charge in [0.2, 0.25) is 0 Å². The Hall–Kier alpha value is -1.04. The largest absolute Gasteiger partial charge is 0.0845 e. The quantitative estimate of drug-likeness (QED) is 0.424. The van der Waals surface area contributed by atoms with E-state index in [9.17, 15) is 0 Å². The van der Waals surface area contributed by atoms with Crippen LogP contribution in [0.3, 0.4) is 0 Å². The van der Waals surface area contributed by atoms with Crippen molar-refractivity contribution >= 4 is 0 Å². The topological polar surface area (TPSA) is 0 Å². The molecule has 0 aromatic rings. The smallest absolute Gasteiger partial charge is 0.0348 e. The van der Waals surface area contributed by atoms with Crippen LogP contribution in [0, 0.1) is 0 Å². The molecule has 0 aromatic carbocycles. The van der Waals surface area contributed by atoms with Crippen LogP contribution in [-0.2, 0) is 0 Å². The maximum Gasteiger partial charge on any atom is -0.0348 e. The van der Waals surface area contributed by atoms with Gasteiger partial charge >= 0.3 is 0 Å². The Labute approximate surface area is 145 Å². The molecular weight excluding hydrogens is 276 g/mol. The second kappa shape index (κ2) is 17.3. The Morgan fingerprint density at radius 1 is 0.261 bits per heavy atom. The summed E-state index contributed by atoms with van der Waals surface area (Å²) in [5.74, 6) is 0. The lowest BCUT2D eigenvalue weighted by molar-refractivity contribution is 0.538. The van der Waals surface area contributed by atoms with Gasteiger partial charge in [-0.25, -0.2) is 0 Å². The van der Waals surface area contributed by atoms with E-state index in [0.29, 0.717) is 0 Å². The molecule has 1 aliphatic carbocycles. The van der Waals surface area contributed by atoms with E-state index < -0.39 is 0 Å². The van der Waals surface area contributed by atoms with Crippen molar-refractivity contribution in [2.24, 2.45) is 0 Å². The zero-order valence-corrected chi connectivity index (χ0v) is 15.2. The van der Waals surface area contributed by atoms with Gasteiger partial charge in [0.05, 0.1) is 0 Å². The van der Waals surface area contributed by atoms with E-state index in [4.69, 9.17) is 0 Å². The molecule has 0 bridgehead atoms. The van der Waals surface area contributed by atoms with Crippen molar-refractivity contribution in [3.05, 3.63) is 48.6 Å². The Morgan fingerprint density at radius 2 is 0.522 bits per heavy atom. The minimum Gasteiger partial charge on any atom is -0.0845 e. The number of rotatable bonds is 0. The molecule has 0 radical (unpaired) electrons. The fourth-order valence-corrected chi connectivity index (χ4v) is 3.08. The van der Waals surface area contributed by atoms with Gasteiger partial charge in [-0.2, -0.15) is 0 Å². The lowest BCUT2D eigenvalue weighted by Gasteiger charge is -2.02. The highest BCUT2D eigenvalue weighted by molar-refractivity contribution is 5.15. The maximum atomic E-state index is 2.30. The van der Waals surface area contributed by atoms with Crippen molar-refractivity contribution in [1.82, 2.24) is 0 Å². The molecule has 23 heavy (non-hydrogen) atoms. The van der Waals surface area contributed by atoms with Crippen molar-refractivity contribution in [3.63, 3.8) is 0 Å². The third kappa shape index (κ3) is 15.6. The first-order valence-corrected chi connectivity index (χ1v) is 10.1. The standard InChI is InChI=1S/C23H38/c1-2-4-6-8-10-12-14-16-18-20-22-23-21-19-17-15-13-11-9-7-5-3-1/h1-8H,9-23H2. The molecule has 0 heteroatoms. The molecule has 0 aromatic heterocycles. The van der Waals surface area contributed by atoms with Gasteiger partial charge in [-0.3, -0.25) is 0 Å². The van der Waals surface area contributed by atoms with Crippen LogP contribution >= 0.6 is 0 Å². The monoisotopic (exact) mass is 314 g/mol. The summed E-state index contributed by atoms with van der Waals surface area (Å²) in [4.78, 5) is 0. The molecule has 0 saturated heterocycles. The fraction of sp³-hybridized carbons (Fsp3) is 0.652. The van der Waals surface area contributed by atoms with Crippen LogP contribution in [0.4, 0.5) is 0 Å². The van der Waals surface area contributed by atoms with Crippen LogP contribution < -0.4 is 0 Å². The molecule has 0 atom stereocenters. The Morgan fingerprint density at radius 3 is 0.870 bits per heavy atom. The molecule has 130 valence electrons. The number of hydrogen-bond donors (Lipinski definition) is 0. The molecule has 1 rings (SSSR count). The van der Waals surface area contributed by atoms with Gasteiger partial charge in [0.25, 0.3) is 0 Å². The second-order valence-corrected chi connectivity index (χ2v) is 6.80. The molecule has 0 N–H and O–H groups in total. The summed E-state index contributed by atoms with van der Waals surface area (Å²) in [5, 5.41) is 0. The van der Waals surface area contributed by atoms with Gasteiger partial charge in [0, 0.05) is 0 Å². The number of hydrogen-bond acceptors (Lipinski definition) is 0. The zero-order valence-electron chi connectivity index (χ0n) is 15.2. The van der Waals surface area contributed by atoms with E-state index in [-0.39, 0.29) is 0 Å². The predicted octanol–water partition coefficient (Wildman–Crippen LogP) is 8.08. The summed E-state index contributed by atoms with van der Waals surface area (Å²) in [6.07, 6.45) is 38.5. The maximum absolute atomic E-state index is 2.30. The third-order valence-electron chi connectivity index (χ3n) is 4.57. The van der Waals surface area contributed by atoms with E-state index in [1.54, 1.807) is 0 Å². The van der Waals surface area contributed by atoms with E-state index in [1.807, 2.05) is 0 Å². The Bertz CT molecular complexity index is 309. The third-order valence-corrected chi connectivity index (χ3v) is 4.57. The number of allylic oxidation sites excluding steroid dienone is 8. The summed E-state index contributed by atoms with van der Waals surface area (Å²) in [7, 11) is 0. The van der Waals surface area contributed by atoms with Crippen molar-refractivity contribution in [2.75, 3.05) is 0 Å². The van der Waals surface area contributed by atoms with Crippen LogP contribution in [-0.4, -0.2) is 0 Å². The van der Waals surface area contributed by atoms with Crippen LogP contribution in [0.2, 0.25) is 0 Å². The molecule has 0 heterocycles. The van der Waals surface area contributed by atoms with E-state index in [2.05, 4.69) is 48.6 Å².